The number of Topliss-reactive ketones (excluding diaryl/α,β-unsaturated/α-hetero) is 2. The Hall–Kier alpha value is -3.34. The number of hydrogen-bond acceptors (Lipinski definition) is 3. The molecule has 0 spiro atoms. The summed E-state index contributed by atoms with van der Waals surface area (Å²) in [5.41, 5.74) is 5.11. The van der Waals surface area contributed by atoms with Gasteiger partial charge in [0.2, 0.25) is 0 Å². The number of aromatic nitrogens is 2. The van der Waals surface area contributed by atoms with Gasteiger partial charge in [0.1, 0.15) is 17.3 Å². The Morgan fingerprint density at radius 2 is 1.83 bits per heavy atom. The number of phenols is 1. The van der Waals surface area contributed by atoms with Crippen molar-refractivity contribution < 1.29 is 14.7 Å². The second kappa shape index (κ2) is 5.83. The number of aromatic amines is 1. The Kier molecular flexibility index (Phi) is 3.34. The van der Waals surface area contributed by atoms with E-state index in [-0.39, 0.29) is 23.7 Å². The van der Waals surface area contributed by atoms with Crippen LogP contribution in [0.4, 0.5) is 0 Å². The molecule has 5 nitrogen and oxygen atoms in total. The summed E-state index contributed by atoms with van der Waals surface area (Å²) in [6, 6.07) is 11.4. The Balaban J connectivity index is 1.57. The lowest BCUT2D eigenvalue weighted by atomic mass is 9.83. The summed E-state index contributed by atoms with van der Waals surface area (Å²) in [6.45, 7) is 0.944. The third-order valence-electron chi connectivity index (χ3n) is 6.60. The molecule has 0 unspecified atom stereocenters. The number of para-hydroxylation sites is 1. The molecule has 2 aliphatic rings. The largest absolute Gasteiger partial charge is 0.508 e. The molecule has 1 aliphatic heterocycles. The highest BCUT2D eigenvalue weighted by Crippen LogP contribution is 2.47. The van der Waals surface area contributed by atoms with Gasteiger partial charge in [0, 0.05) is 41.3 Å². The molecule has 4 aromatic rings. The first kappa shape index (κ1) is 16.6. The average Bonchev–Trinajstić information content (AvgIpc) is 3.36. The lowest BCUT2D eigenvalue weighted by Gasteiger charge is -2.17. The highest BCUT2D eigenvalue weighted by atomic mass is 16.3. The maximum Gasteiger partial charge on any atom is 0.148 e. The molecule has 0 saturated heterocycles. The second-order valence-corrected chi connectivity index (χ2v) is 8.23. The molecule has 1 aliphatic carbocycles. The van der Waals surface area contributed by atoms with Crippen molar-refractivity contribution in [1.29, 1.82) is 0 Å². The van der Waals surface area contributed by atoms with Gasteiger partial charge in [-0.1, -0.05) is 18.2 Å². The first-order valence-corrected chi connectivity index (χ1v) is 10.1. The van der Waals surface area contributed by atoms with Crippen molar-refractivity contribution in [2.45, 2.75) is 37.6 Å². The minimum absolute atomic E-state index is 0.00294. The SMILES string of the molecule is O=C1CC(=O)[C@H](c2cn3c4c(cccc24)CCC3)[C@H]1c1c[nH]c2cc(O)ccc12. The number of phenolic OH excluding ortho intramolecular Hbond substituents is 1. The molecule has 1 saturated carbocycles. The van der Waals surface area contributed by atoms with Crippen LogP contribution in [-0.2, 0) is 22.6 Å². The van der Waals surface area contributed by atoms with E-state index >= 15 is 0 Å². The fraction of sp³-hybridized carbons (Fsp3) is 0.250. The molecule has 0 radical (unpaired) electrons. The van der Waals surface area contributed by atoms with Gasteiger partial charge in [-0.15, -0.1) is 0 Å². The first-order chi connectivity index (χ1) is 14.1. The van der Waals surface area contributed by atoms with Gasteiger partial charge in [0.05, 0.1) is 23.8 Å². The van der Waals surface area contributed by atoms with Crippen LogP contribution in [0, 0.1) is 0 Å². The van der Waals surface area contributed by atoms with Crippen molar-refractivity contribution in [2.24, 2.45) is 0 Å². The third kappa shape index (κ3) is 2.27. The van der Waals surface area contributed by atoms with Crippen molar-refractivity contribution in [3.63, 3.8) is 0 Å². The van der Waals surface area contributed by atoms with E-state index in [9.17, 15) is 14.7 Å². The van der Waals surface area contributed by atoms with Crippen LogP contribution in [-0.4, -0.2) is 26.2 Å². The highest BCUT2D eigenvalue weighted by molar-refractivity contribution is 6.16. The fourth-order valence-electron chi connectivity index (χ4n) is 5.39. The van der Waals surface area contributed by atoms with Gasteiger partial charge in [-0.25, -0.2) is 0 Å². The molecule has 2 aromatic carbocycles. The van der Waals surface area contributed by atoms with Crippen molar-refractivity contribution in [3.8, 4) is 5.75 Å². The standard InChI is InChI=1S/C24H20N2O3/c27-14-6-7-15-17(11-25-19(15)9-14)22-20(28)10-21(29)23(22)18-12-26-8-2-4-13-3-1-5-16(18)24(13)26/h1,3,5-7,9,11-12,22-23,25,27H,2,4,8,10H2/t22-,23-/m0/s1. The van der Waals surface area contributed by atoms with E-state index in [1.165, 1.54) is 11.1 Å². The third-order valence-corrected chi connectivity index (χ3v) is 6.60. The Morgan fingerprint density at radius 3 is 2.69 bits per heavy atom. The summed E-state index contributed by atoms with van der Waals surface area (Å²) in [6.07, 6.45) is 6.04. The van der Waals surface area contributed by atoms with Crippen LogP contribution in [0.3, 0.4) is 0 Å². The molecular formula is C24H20N2O3. The zero-order chi connectivity index (χ0) is 19.7. The van der Waals surface area contributed by atoms with Gasteiger partial charge in [-0.3, -0.25) is 9.59 Å². The number of rotatable bonds is 2. The van der Waals surface area contributed by atoms with Gasteiger partial charge in [0.25, 0.3) is 0 Å². The monoisotopic (exact) mass is 384 g/mol. The van der Waals surface area contributed by atoms with Crippen molar-refractivity contribution >= 4 is 33.4 Å². The number of H-pyrrole nitrogens is 1. The summed E-state index contributed by atoms with van der Waals surface area (Å²) < 4.78 is 2.25. The summed E-state index contributed by atoms with van der Waals surface area (Å²) in [4.78, 5) is 29.2. The minimum atomic E-state index is -0.496. The molecule has 2 atom stereocenters. The van der Waals surface area contributed by atoms with E-state index in [2.05, 4.69) is 33.9 Å². The van der Waals surface area contributed by atoms with Crippen LogP contribution in [0.1, 0.15) is 41.4 Å². The van der Waals surface area contributed by atoms with Crippen molar-refractivity contribution in [2.75, 3.05) is 0 Å². The Labute approximate surface area is 167 Å². The number of aromatic hydroxyl groups is 1. The second-order valence-electron chi connectivity index (χ2n) is 8.23. The van der Waals surface area contributed by atoms with Gasteiger partial charge in [0.15, 0.2) is 0 Å². The number of hydrogen-bond donors (Lipinski definition) is 2. The first-order valence-electron chi connectivity index (χ1n) is 10.1. The van der Waals surface area contributed by atoms with E-state index in [1.807, 2.05) is 12.3 Å². The molecule has 0 bridgehead atoms. The number of benzene rings is 2. The topological polar surface area (TPSA) is 75.1 Å². The molecule has 3 heterocycles. The van der Waals surface area contributed by atoms with E-state index in [0.29, 0.717) is 0 Å². The summed E-state index contributed by atoms with van der Waals surface area (Å²) >= 11 is 0. The van der Waals surface area contributed by atoms with Gasteiger partial charge < -0.3 is 14.7 Å². The van der Waals surface area contributed by atoms with Crippen LogP contribution in [0.5, 0.6) is 5.75 Å². The Bertz CT molecular complexity index is 1330. The van der Waals surface area contributed by atoms with E-state index in [1.54, 1.807) is 12.1 Å². The number of ketones is 2. The van der Waals surface area contributed by atoms with Crippen LogP contribution in [0.25, 0.3) is 21.8 Å². The smallest absolute Gasteiger partial charge is 0.148 e. The molecular weight excluding hydrogens is 364 g/mol. The summed E-state index contributed by atoms with van der Waals surface area (Å²) in [5.74, 6) is -0.820. The molecule has 29 heavy (non-hydrogen) atoms. The predicted molar refractivity (Wildman–Crippen MR) is 110 cm³/mol. The molecule has 2 aromatic heterocycles. The zero-order valence-corrected chi connectivity index (χ0v) is 15.8. The van der Waals surface area contributed by atoms with E-state index < -0.39 is 11.8 Å². The summed E-state index contributed by atoms with van der Waals surface area (Å²) in [7, 11) is 0. The molecule has 1 fully saturated rings. The number of fused-ring (bicyclic) bond motifs is 1. The van der Waals surface area contributed by atoms with Gasteiger partial charge in [-0.05, 0) is 41.7 Å². The van der Waals surface area contributed by atoms with Crippen LogP contribution >= 0.6 is 0 Å². The number of nitrogens with one attached hydrogen (secondary N) is 1. The van der Waals surface area contributed by atoms with Crippen molar-refractivity contribution in [3.05, 3.63) is 65.5 Å². The maximum absolute atomic E-state index is 13.0. The number of carbonyl (C=O) groups is 2. The normalized spacial score (nSPS) is 21.5. The molecule has 6 rings (SSSR count). The van der Waals surface area contributed by atoms with Gasteiger partial charge in [-0.2, -0.15) is 0 Å². The lowest BCUT2D eigenvalue weighted by molar-refractivity contribution is -0.122. The van der Waals surface area contributed by atoms with Gasteiger partial charge >= 0.3 is 0 Å². The quantitative estimate of drug-likeness (QED) is 0.509. The lowest BCUT2D eigenvalue weighted by Crippen LogP contribution is -2.14. The van der Waals surface area contributed by atoms with E-state index in [4.69, 9.17) is 0 Å². The maximum atomic E-state index is 13.0. The molecule has 144 valence electrons. The molecule has 0 amide bonds. The molecule has 5 heteroatoms. The van der Waals surface area contributed by atoms with Crippen LogP contribution in [0.15, 0.2) is 48.8 Å². The fourth-order valence-corrected chi connectivity index (χ4v) is 5.39. The Morgan fingerprint density at radius 1 is 1.00 bits per heavy atom. The van der Waals surface area contributed by atoms with E-state index in [0.717, 1.165) is 46.8 Å². The average molecular weight is 384 g/mol. The predicted octanol–water partition coefficient (Wildman–Crippen LogP) is 4.18. The minimum Gasteiger partial charge on any atom is -0.508 e. The number of aryl methyl sites for hydroxylation is 2. The summed E-state index contributed by atoms with van der Waals surface area (Å²) in [5, 5.41) is 11.7. The highest BCUT2D eigenvalue weighted by Gasteiger charge is 2.45. The number of nitrogens with zero attached hydrogens (tertiary/aromatic N) is 1. The van der Waals surface area contributed by atoms with Crippen LogP contribution in [0.2, 0.25) is 0 Å². The van der Waals surface area contributed by atoms with Crippen molar-refractivity contribution in [1.82, 2.24) is 9.55 Å². The zero-order valence-electron chi connectivity index (χ0n) is 15.8. The van der Waals surface area contributed by atoms with Crippen LogP contribution < -0.4 is 0 Å². The number of carbonyl (C=O) groups excluding carboxylic acids is 2. The molecule has 2 N–H and O–H groups in total.